The molecule has 41 heteroatoms. The van der Waals surface area contributed by atoms with Gasteiger partial charge >= 0.3 is 0 Å². The van der Waals surface area contributed by atoms with Gasteiger partial charge in [-0.1, -0.05) is 136 Å². The molecule has 0 fully saturated rings. The molecule has 8 atom stereocenters. The van der Waals surface area contributed by atoms with Crippen molar-refractivity contribution in [3.8, 4) is 0 Å². The Kier molecular flexibility index (Phi) is 150. The van der Waals surface area contributed by atoms with Crippen molar-refractivity contribution in [1.29, 1.82) is 0 Å². The largest absolute Gasteiger partial charge is 0.391 e. The Morgan fingerprint density at radius 1 is 0.318 bits per heavy atom. The molecule has 0 bridgehead atoms. The molecule has 686 valence electrons. The van der Waals surface area contributed by atoms with Crippen molar-refractivity contribution in [3.05, 3.63) is 25.3 Å². The summed E-state index contributed by atoms with van der Waals surface area (Å²) >= 11 is 0. The summed E-state index contributed by atoms with van der Waals surface area (Å²) < 4.78 is 4.14. The summed E-state index contributed by atoms with van der Waals surface area (Å²) in [4.78, 5) is 12.4. The number of hydrogen-bond acceptors (Lipinski definition) is 26. The number of hydrogen-bond donors (Lipinski definition) is 10. The first-order chi connectivity index (χ1) is 45.7. The van der Waals surface area contributed by atoms with Crippen LogP contribution in [0.1, 0.15) is 103 Å². The molecular formula is C69H160Co10N16O10Si5. The predicted octanol–water partition coefficient (Wildman–Crippen LogP) is 8.99. The van der Waals surface area contributed by atoms with Crippen LogP contribution in [-0.4, -0.2) is 347 Å². The maximum Gasteiger partial charge on any atom is 0.171 e. The Morgan fingerprint density at radius 2 is 0.555 bits per heavy atom. The van der Waals surface area contributed by atoms with Crippen LogP contribution in [-0.2, 0) is 168 Å². The van der Waals surface area contributed by atoms with Crippen LogP contribution < -0.4 is 0 Å². The van der Waals surface area contributed by atoms with E-state index in [2.05, 4.69) is 164 Å². The van der Waals surface area contributed by atoms with Gasteiger partial charge in [0.25, 0.3) is 0 Å². The third-order valence-electron chi connectivity index (χ3n) is 13.0. The number of aliphatic hydroxyl groups excluding tert-OH is 10. The van der Waals surface area contributed by atoms with Crippen LogP contribution in [0.4, 0.5) is 0 Å². The zero-order valence-electron chi connectivity index (χ0n) is 73.5. The molecule has 10 N–H and O–H groups in total. The molecule has 26 nitrogen and oxygen atoms in total. The van der Waals surface area contributed by atoms with Crippen LogP contribution in [0.15, 0.2) is 75.6 Å². The van der Waals surface area contributed by atoms with E-state index >= 15 is 0 Å². The number of hydrazone groups is 6. The third kappa shape index (κ3) is 132. The average Bonchev–Trinajstić information content (AvgIpc) is 0.864. The minimum absolute atomic E-state index is 0. The molecule has 0 aromatic rings. The van der Waals surface area contributed by atoms with Gasteiger partial charge in [0.05, 0.1) is 99.3 Å². The molecular weight excluding hydrogens is 1940 g/mol. The van der Waals surface area contributed by atoms with Crippen LogP contribution in [0.3, 0.4) is 0 Å². The molecule has 0 amide bonds. The fourth-order valence-electron chi connectivity index (χ4n) is 6.06. The molecule has 10 radical (unpaired) electrons. The molecule has 110 heavy (non-hydrogen) atoms. The van der Waals surface area contributed by atoms with Crippen molar-refractivity contribution in [2.75, 3.05) is 97.8 Å². The Labute approximate surface area is 781 Å². The van der Waals surface area contributed by atoms with E-state index in [0.29, 0.717) is 12.1 Å². The minimum Gasteiger partial charge on any atom is -0.391 e. The first kappa shape index (κ1) is 162. The van der Waals surface area contributed by atoms with Gasteiger partial charge in [0.1, 0.15) is 12.2 Å². The fraction of sp³-hybridized carbons (Fsp3) is 0.797. The standard InChI is InChI=1S/C11H25NOSi.C10H24N2OSi.C8H19NOSi.C7H18N2OSi.C7H13NO.C6H14N2O.C6H12N2O.C5H12N2O.C5H13NOSi.C4H10N2O.10Co/c1-6-14(7-2,8-3)11(13)9-12-10(4)5;1-6-14(7-2,8-3)10(13)9-11-12(4)5;1-7(2)9-6-8(10)11(3,4)5;1-9(2)8-6-7(10)11(3,4)5;1-4-7(9)5-8-6(2)3;2*1-4-6(9)5-7-8(2)3;1-5(8)4-6-7(2)3;1-8(2,3)6-4-5-7;1-6(2)5-3-4-7;;;;;;;;;;/h9-11,13H,6-8H2,1-5H3;9-10,13H,6-8H2,1-5H3;6-8,10H,1-5H3;6-7,10H,1-5H3;4-7,9H,1H2,2-3H3;5-6,9H,4H2,1-3H3;4-6,9H,1H2,2-3H3;4-5,8H,1-3H3;4,7H,5H2,1-3H3;3,7H,4H2,1-2H3;;;;;;;;;;. The molecule has 0 aliphatic heterocycles. The third-order valence-corrected chi connectivity index (χ3v) is 29.1. The first-order valence-corrected chi connectivity index (χ1v) is 51.0. The molecule has 0 aromatic carbocycles. The van der Waals surface area contributed by atoms with Gasteiger partial charge in [0, 0.05) is 314 Å². The Morgan fingerprint density at radius 3 is 0.764 bits per heavy atom. The summed E-state index contributed by atoms with van der Waals surface area (Å²) in [5.74, 6) is 0. The summed E-state index contributed by atoms with van der Waals surface area (Å²) in [6.07, 6.45) is 17.2. The van der Waals surface area contributed by atoms with Crippen molar-refractivity contribution < 1.29 is 219 Å². The molecule has 0 spiro atoms. The van der Waals surface area contributed by atoms with Crippen molar-refractivity contribution in [1.82, 2.24) is 30.1 Å². The number of aliphatic imine (C=N–C) groups is 3. The second kappa shape index (κ2) is 102. The van der Waals surface area contributed by atoms with Gasteiger partial charge in [0.15, 0.2) is 8.24 Å². The molecule has 0 saturated carbocycles. The molecule has 0 aromatic heterocycles. The summed E-state index contributed by atoms with van der Waals surface area (Å²) in [5, 5.41) is 124. The number of rotatable bonds is 33. The van der Waals surface area contributed by atoms with Gasteiger partial charge in [0.2, 0.25) is 0 Å². The van der Waals surface area contributed by atoms with Crippen LogP contribution in [0.25, 0.3) is 0 Å². The Balaban J connectivity index is -0.0000000453. The van der Waals surface area contributed by atoms with Crippen LogP contribution in [0, 0.1) is 0 Å². The van der Waals surface area contributed by atoms with E-state index < -0.39 is 64.9 Å². The van der Waals surface area contributed by atoms with Crippen molar-refractivity contribution >= 4 is 103 Å². The van der Waals surface area contributed by atoms with Gasteiger partial charge < -0.3 is 85.8 Å². The van der Waals surface area contributed by atoms with E-state index in [1.165, 1.54) is 43.2 Å². The molecule has 0 heterocycles. The SMILES string of the molecule is C=CC(O)C=NC(C)C.C=CC(O)C=NN(C)C.CC(C)N=CC(O)[Si](C)(C)C.CC(O)C=NN(C)C.CCC(O)C=NN(C)C.CC[Si](CC)(CC)C(O)C=NC(C)C.CC[Si](CC)(CC)C(O)C=NN(C)C.CN(C)N=CC(O)[Si](C)(C)C.CN(C)N=CCO.C[Si](C)(C)N=CCO.[Co].[Co].[Co].[Co].[Co].[Co].[Co].[Co].[Co].[Co]. The zero-order valence-corrected chi connectivity index (χ0v) is 88.9. The van der Waals surface area contributed by atoms with Crippen LogP contribution >= 0.6 is 0 Å². The Bertz CT molecular complexity index is 2050. The Hall–Kier alpha value is 0.729. The number of aliphatic hydroxyl groups is 10. The average molecular weight is 2100 g/mol. The van der Waals surface area contributed by atoms with Gasteiger partial charge in [-0.05, 0) is 74.5 Å². The van der Waals surface area contributed by atoms with E-state index in [0.717, 1.165) is 42.7 Å². The molecule has 0 aliphatic carbocycles. The van der Waals surface area contributed by atoms with E-state index in [9.17, 15) is 20.4 Å². The maximum absolute atomic E-state index is 10.1. The predicted molar refractivity (Wildman–Crippen MR) is 455 cm³/mol. The smallest absolute Gasteiger partial charge is 0.171 e. The van der Waals surface area contributed by atoms with Gasteiger partial charge in [-0.25, -0.2) is 0 Å². The topological polar surface area (TPSA) is 345 Å². The van der Waals surface area contributed by atoms with Crippen LogP contribution in [0.2, 0.25) is 95.2 Å². The van der Waals surface area contributed by atoms with E-state index in [-0.39, 0.29) is 210 Å². The van der Waals surface area contributed by atoms with E-state index in [4.69, 9.17) is 30.6 Å². The van der Waals surface area contributed by atoms with Gasteiger partial charge in [-0.2, -0.15) is 30.6 Å². The van der Waals surface area contributed by atoms with E-state index in [1.54, 1.807) is 110 Å². The van der Waals surface area contributed by atoms with Crippen LogP contribution in [0.5, 0.6) is 0 Å². The van der Waals surface area contributed by atoms with Gasteiger partial charge in [-0.15, -0.1) is 13.2 Å². The second-order valence-corrected chi connectivity index (χ2v) is 54.4. The van der Waals surface area contributed by atoms with Crippen molar-refractivity contribution in [2.24, 2.45) is 50.2 Å². The first-order valence-electron chi connectivity index (χ1n) is 35.0. The summed E-state index contributed by atoms with van der Waals surface area (Å²) in [7, 11) is 14.7. The summed E-state index contributed by atoms with van der Waals surface area (Å²) in [6.45, 7) is 54.7. The van der Waals surface area contributed by atoms with Crippen molar-refractivity contribution in [3.63, 3.8) is 0 Å². The molecule has 0 aliphatic rings. The second-order valence-electron chi connectivity index (χ2n) is 28.3. The minimum atomic E-state index is -1.51. The monoisotopic (exact) mass is 2100 g/mol. The molecule has 8 unspecified atom stereocenters. The molecule has 0 rings (SSSR count). The maximum atomic E-state index is 10.1. The summed E-state index contributed by atoms with van der Waals surface area (Å²) in [6, 6.07) is 7.64. The normalized spacial score (nSPS) is 13.1. The zero-order chi connectivity index (χ0) is 81.2. The quantitative estimate of drug-likeness (QED) is 0.0127. The van der Waals surface area contributed by atoms with Gasteiger partial charge in [-0.3, -0.25) is 15.0 Å². The fourth-order valence-corrected chi connectivity index (χ4v) is 14.0. The van der Waals surface area contributed by atoms with E-state index in [1.807, 2.05) is 90.8 Å². The number of nitrogens with zero attached hydrogens (tertiary/aromatic N) is 16. The van der Waals surface area contributed by atoms with Crippen molar-refractivity contribution in [2.45, 2.75) is 264 Å². The molecule has 0 saturated heterocycles. The summed E-state index contributed by atoms with van der Waals surface area (Å²) in [5.41, 5.74) is -1.20.